The average Bonchev–Trinajstić information content (AvgIpc) is 2.45. The molecule has 1 aliphatic carbocycles. The van der Waals surface area contributed by atoms with Crippen molar-refractivity contribution in [3.05, 3.63) is 35.9 Å². The van der Waals surface area contributed by atoms with E-state index in [9.17, 15) is 5.11 Å². The molecule has 0 heterocycles. The van der Waals surface area contributed by atoms with Gasteiger partial charge < -0.3 is 15.5 Å². The van der Waals surface area contributed by atoms with Crippen molar-refractivity contribution in [2.75, 3.05) is 13.2 Å². The number of benzene rings is 1. The third kappa shape index (κ3) is 4.30. The lowest BCUT2D eigenvalue weighted by Crippen LogP contribution is -2.41. The third-order valence-electron chi connectivity index (χ3n) is 4.07. The van der Waals surface area contributed by atoms with Crippen molar-refractivity contribution in [3.8, 4) is 0 Å². The zero-order valence-corrected chi connectivity index (χ0v) is 11.6. The predicted octanol–water partition coefficient (Wildman–Crippen LogP) is 1.90. The first-order chi connectivity index (χ1) is 9.19. The van der Waals surface area contributed by atoms with Crippen molar-refractivity contribution in [2.45, 2.75) is 44.2 Å². The standard InChI is InChI=1S/C16H25NO2/c1-12-7-14(13-5-3-2-4-6-13)9-15(8-12)17-10-16(19)11-18/h2-6,12,14-19H,7-11H2,1H3/t12-,14-,15+,16-/m1/s1. The van der Waals surface area contributed by atoms with Crippen molar-refractivity contribution < 1.29 is 10.2 Å². The topological polar surface area (TPSA) is 52.5 Å². The van der Waals surface area contributed by atoms with Crippen LogP contribution in [0, 0.1) is 5.92 Å². The molecule has 0 radical (unpaired) electrons. The number of hydrogen-bond acceptors (Lipinski definition) is 3. The highest BCUT2D eigenvalue weighted by Crippen LogP contribution is 2.35. The van der Waals surface area contributed by atoms with Crippen LogP contribution in [-0.4, -0.2) is 35.5 Å². The lowest BCUT2D eigenvalue weighted by atomic mass is 9.76. The summed E-state index contributed by atoms with van der Waals surface area (Å²) >= 11 is 0. The third-order valence-corrected chi connectivity index (χ3v) is 4.07. The summed E-state index contributed by atoms with van der Waals surface area (Å²) in [7, 11) is 0. The Bertz CT molecular complexity index is 368. The van der Waals surface area contributed by atoms with Gasteiger partial charge in [0, 0.05) is 12.6 Å². The summed E-state index contributed by atoms with van der Waals surface area (Å²) < 4.78 is 0. The second-order valence-electron chi connectivity index (χ2n) is 5.86. The van der Waals surface area contributed by atoms with Gasteiger partial charge in [-0.1, -0.05) is 37.3 Å². The van der Waals surface area contributed by atoms with E-state index >= 15 is 0 Å². The number of nitrogens with one attached hydrogen (secondary N) is 1. The molecule has 3 nitrogen and oxygen atoms in total. The lowest BCUT2D eigenvalue weighted by molar-refractivity contribution is 0.0886. The average molecular weight is 263 g/mol. The summed E-state index contributed by atoms with van der Waals surface area (Å²) in [6, 6.07) is 11.1. The first-order valence-electron chi connectivity index (χ1n) is 7.26. The van der Waals surface area contributed by atoms with E-state index < -0.39 is 6.10 Å². The van der Waals surface area contributed by atoms with Gasteiger partial charge in [-0.15, -0.1) is 0 Å². The van der Waals surface area contributed by atoms with Gasteiger partial charge in [0.1, 0.15) is 0 Å². The van der Waals surface area contributed by atoms with E-state index in [1.165, 1.54) is 12.0 Å². The van der Waals surface area contributed by atoms with E-state index in [0.29, 0.717) is 24.4 Å². The maximum absolute atomic E-state index is 9.42. The summed E-state index contributed by atoms with van der Waals surface area (Å²) in [5.74, 6) is 1.30. The van der Waals surface area contributed by atoms with Crippen LogP contribution in [0.5, 0.6) is 0 Å². The summed E-state index contributed by atoms with van der Waals surface area (Å²) in [6.45, 7) is 2.61. The van der Waals surface area contributed by atoms with Crippen LogP contribution in [0.4, 0.5) is 0 Å². The van der Waals surface area contributed by atoms with Crippen LogP contribution in [0.15, 0.2) is 30.3 Å². The number of aliphatic hydroxyl groups excluding tert-OH is 2. The van der Waals surface area contributed by atoms with Crippen LogP contribution in [-0.2, 0) is 0 Å². The van der Waals surface area contributed by atoms with Gasteiger partial charge in [-0.3, -0.25) is 0 Å². The van der Waals surface area contributed by atoms with Gasteiger partial charge in [0.15, 0.2) is 0 Å². The molecule has 1 aliphatic rings. The molecule has 0 saturated heterocycles. The van der Waals surface area contributed by atoms with Gasteiger partial charge in [-0.2, -0.15) is 0 Å². The van der Waals surface area contributed by atoms with E-state index in [1.807, 2.05) is 0 Å². The Labute approximate surface area is 115 Å². The Kier molecular flexibility index (Phi) is 5.37. The Morgan fingerprint density at radius 2 is 1.95 bits per heavy atom. The fourth-order valence-electron chi connectivity index (χ4n) is 3.13. The molecule has 4 atom stereocenters. The largest absolute Gasteiger partial charge is 0.394 e. The highest BCUT2D eigenvalue weighted by Gasteiger charge is 2.27. The molecule has 1 aromatic rings. The monoisotopic (exact) mass is 263 g/mol. The molecule has 0 bridgehead atoms. The second kappa shape index (κ2) is 7.04. The second-order valence-corrected chi connectivity index (χ2v) is 5.86. The van der Waals surface area contributed by atoms with Crippen molar-refractivity contribution in [1.29, 1.82) is 0 Å². The molecule has 106 valence electrons. The predicted molar refractivity (Wildman–Crippen MR) is 77.1 cm³/mol. The minimum Gasteiger partial charge on any atom is -0.394 e. The molecule has 1 saturated carbocycles. The molecule has 0 aliphatic heterocycles. The van der Waals surface area contributed by atoms with E-state index in [1.54, 1.807) is 0 Å². The normalized spacial score (nSPS) is 29.1. The van der Waals surface area contributed by atoms with Crippen LogP contribution < -0.4 is 5.32 Å². The molecule has 19 heavy (non-hydrogen) atoms. The van der Waals surface area contributed by atoms with Crippen LogP contribution in [0.1, 0.15) is 37.7 Å². The molecule has 0 spiro atoms. The van der Waals surface area contributed by atoms with Gasteiger partial charge in [-0.25, -0.2) is 0 Å². The first kappa shape index (κ1) is 14.5. The minimum atomic E-state index is -0.646. The Balaban J connectivity index is 1.92. The highest BCUT2D eigenvalue weighted by molar-refractivity contribution is 5.20. The van der Waals surface area contributed by atoms with Gasteiger partial charge in [-0.05, 0) is 36.7 Å². The first-order valence-corrected chi connectivity index (χ1v) is 7.26. The maximum atomic E-state index is 9.42. The molecule has 3 N–H and O–H groups in total. The fourth-order valence-corrected chi connectivity index (χ4v) is 3.13. The van der Waals surface area contributed by atoms with Gasteiger partial charge in [0.05, 0.1) is 12.7 Å². The van der Waals surface area contributed by atoms with Crippen LogP contribution >= 0.6 is 0 Å². The smallest absolute Gasteiger partial charge is 0.0895 e. The van der Waals surface area contributed by atoms with Crippen LogP contribution in [0.3, 0.4) is 0 Å². The number of hydrogen-bond donors (Lipinski definition) is 3. The zero-order valence-electron chi connectivity index (χ0n) is 11.6. The van der Waals surface area contributed by atoms with Crippen molar-refractivity contribution in [3.63, 3.8) is 0 Å². The molecule has 0 unspecified atom stereocenters. The number of aliphatic hydroxyl groups is 2. The Morgan fingerprint density at radius 3 is 2.63 bits per heavy atom. The zero-order chi connectivity index (χ0) is 13.7. The molecular weight excluding hydrogens is 238 g/mol. The molecular formula is C16H25NO2. The van der Waals surface area contributed by atoms with Crippen molar-refractivity contribution >= 4 is 0 Å². The van der Waals surface area contributed by atoms with E-state index in [-0.39, 0.29) is 6.61 Å². The van der Waals surface area contributed by atoms with Gasteiger partial charge in [0.25, 0.3) is 0 Å². The molecule has 0 amide bonds. The molecule has 1 fully saturated rings. The quantitative estimate of drug-likeness (QED) is 0.760. The van der Waals surface area contributed by atoms with Crippen molar-refractivity contribution in [1.82, 2.24) is 5.32 Å². The fraction of sp³-hybridized carbons (Fsp3) is 0.625. The summed E-state index contributed by atoms with van der Waals surface area (Å²) in [4.78, 5) is 0. The summed E-state index contributed by atoms with van der Waals surface area (Å²) in [6.07, 6.45) is 2.87. The molecule has 2 rings (SSSR count). The maximum Gasteiger partial charge on any atom is 0.0895 e. The van der Waals surface area contributed by atoms with Crippen LogP contribution in [0.25, 0.3) is 0 Å². The van der Waals surface area contributed by atoms with Crippen molar-refractivity contribution in [2.24, 2.45) is 5.92 Å². The van der Waals surface area contributed by atoms with Gasteiger partial charge >= 0.3 is 0 Å². The Hall–Kier alpha value is -0.900. The van der Waals surface area contributed by atoms with Gasteiger partial charge in [0.2, 0.25) is 0 Å². The molecule has 1 aromatic carbocycles. The lowest BCUT2D eigenvalue weighted by Gasteiger charge is -2.34. The molecule has 3 heteroatoms. The highest BCUT2D eigenvalue weighted by atomic mass is 16.3. The van der Waals surface area contributed by atoms with E-state index in [0.717, 1.165) is 12.8 Å². The van der Waals surface area contributed by atoms with E-state index in [2.05, 4.69) is 42.6 Å². The summed E-state index contributed by atoms with van der Waals surface area (Å²) in [5.41, 5.74) is 1.42. The van der Waals surface area contributed by atoms with Crippen LogP contribution in [0.2, 0.25) is 0 Å². The summed E-state index contributed by atoms with van der Waals surface area (Å²) in [5, 5.41) is 21.7. The SMILES string of the molecule is C[C@H]1C[C@H](NC[C@@H](O)CO)C[C@H](c2ccccc2)C1. The molecule has 0 aromatic heterocycles. The number of rotatable bonds is 5. The Morgan fingerprint density at radius 1 is 1.21 bits per heavy atom. The van der Waals surface area contributed by atoms with E-state index in [4.69, 9.17) is 5.11 Å². The minimum absolute atomic E-state index is 0.169.